The molecule has 0 saturated carbocycles. The van der Waals surface area contributed by atoms with Gasteiger partial charge in [0.25, 0.3) is 0 Å². The largest absolute Gasteiger partial charge is 0.394 e. The standard InChI is InChI=1S/C16H31NO5/c1-3-4-5-6-7-8-9-12-14(17-11(2)19)16(21)15(20)13(10-18)22-12/h12-16,18,20-21H,3-10H2,1-2H3,(H,17,19). The number of aliphatic hydroxyl groups excluding tert-OH is 3. The van der Waals surface area contributed by atoms with E-state index < -0.39 is 24.4 Å². The molecule has 130 valence electrons. The van der Waals surface area contributed by atoms with Crippen LogP contribution in [0.5, 0.6) is 0 Å². The first kappa shape index (κ1) is 19.4. The van der Waals surface area contributed by atoms with Gasteiger partial charge in [0.1, 0.15) is 18.3 Å². The van der Waals surface area contributed by atoms with Crippen LogP contribution in [0.25, 0.3) is 0 Å². The second-order valence-electron chi connectivity index (χ2n) is 6.16. The SMILES string of the molecule is CCCCCCCCC1OC(CO)C(O)C(O)C1NC(C)=O. The molecule has 1 aliphatic rings. The number of nitrogens with one attached hydrogen (secondary N) is 1. The molecule has 1 heterocycles. The lowest BCUT2D eigenvalue weighted by Gasteiger charge is -2.42. The third-order valence-electron chi connectivity index (χ3n) is 4.24. The van der Waals surface area contributed by atoms with E-state index in [1.54, 1.807) is 0 Å². The Bertz CT molecular complexity index is 326. The Kier molecular flexibility index (Phi) is 8.93. The minimum absolute atomic E-state index is 0.268. The van der Waals surface area contributed by atoms with Crippen LogP contribution in [-0.2, 0) is 9.53 Å². The maximum atomic E-state index is 11.3. The first-order valence-corrected chi connectivity index (χ1v) is 8.40. The average Bonchev–Trinajstić information content (AvgIpc) is 2.49. The summed E-state index contributed by atoms with van der Waals surface area (Å²) in [6.45, 7) is 3.20. The van der Waals surface area contributed by atoms with Crippen LogP contribution in [0.4, 0.5) is 0 Å². The molecule has 0 radical (unpaired) electrons. The second kappa shape index (κ2) is 10.2. The summed E-state index contributed by atoms with van der Waals surface area (Å²) in [5.41, 5.74) is 0. The van der Waals surface area contributed by atoms with Crippen molar-refractivity contribution < 1.29 is 24.9 Å². The van der Waals surface area contributed by atoms with Crippen LogP contribution < -0.4 is 5.32 Å². The predicted octanol–water partition coefficient (Wildman–Crippen LogP) is 0.723. The highest BCUT2D eigenvalue weighted by Crippen LogP contribution is 2.25. The van der Waals surface area contributed by atoms with Crippen molar-refractivity contribution in [2.24, 2.45) is 0 Å². The fraction of sp³-hybridized carbons (Fsp3) is 0.938. The second-order valence-corrected chi connectivity index (χ2v) is 6.16. The van der Waals surface area contributed by atoms with E-state index in [1.165, 1.54) is 32.6 Å². The first-order valence-electron chi connectivity index (χ1n) is 8.40. The highest BCUT2D eigenvalue weighted by Gasteiger charge is 2.44. The number of carbonyl (C=O) groups excluding carboxylic acids is 1. The van der Waals surface area contributed by atoms with E-state index in [2.05, 4.69) is 12.2 Å². The maximum absolute atomic E-state index is 11.3. The van der Waals surface area contributed by atoms with E-state index in [1.807, 2.05) is 0 Å². The molecule has 5 atom stereocenters. The fourth-order valence-electron chi connectivity index (χ4n) is 2.98. The molecular weight excluding hydrogens is 286 g/mol. The Hall–Kier alpha value is -0.690. The summed E-state index contributed by atoms with van der Waals surface area (Å²) >= 11 is 0. The molecule has 6 nitrogen and oxygen atoms in total. The zero-order valence-electron chi connectivity index (χ0n) is 13.7. The molecule has 1 fully saturated rings. The van der Waals surface area contributed by atoms with Gasteiger partial charge in [-0.25, -0.2) is 0 Å². The average molecular weight is 317 g/mol. The molecule has 22 heavy (non-hydrogen) atoms. The summed E-state index contributed by atoms with van der Waals surface area (Å²) in [6, 6.07) is -0.633. The number of hydrogen-bond donors (Lipinski definition) is 4. The van der Waals surface area contributed by atoms with E-state index >= 15 is 0 Å². The van der Waals surface area contributed by atoms with E-state index in [4.69, 9.17) is 4.74 Å². The molecule has 0 spiro atoms. The van der Waals surface area contributed by atoms with Crippen molar-refractivity contribution in [1.82, 2.24) is 5.32 Å². The van der Waals surface area contributed by atoms with Crippen LogP contribution in [0, 0.1) is 0 Å². The van der Waals surface area contributed by atoms with Crippen LogP contribution in [0.3, 0.4) is 0 Å². The highest BCUT2D eigenvalue weighted by molar-refractivity contribution is 5.73. The van der Waals surface area contributed by atoms with Crippen molar-refractivity contribution in [2.75, 3.05) is 6.61 Å². The molecule has 1 rings (SSSR count). The van der Waals surface area contributed by atoms with Crippen molar-refractivity contribution in [3.05, 3.63) is 0 Å². The van der Waals surface area contributed by atoms with Gasteiger partial charge in [-0.1, -0.05) is 45.4 Å². The van der Waals surface area contributed by atoms with Gasteiger partial charge in [0.15, 0.2) is 0 Å². The molecule has 4 N–H and O–H groups in total. The number of rotatable bonds is 9. The van der Waals surface area contributed by atoms with Crippen LogP contribution >= 0.6 is 0 Å². The van der Waals surface area contributed by atoms with Gasteiger partial charge in [0, 0.05) is 6.92 Å². The van der Waals surface area contributed by atoms with Crippen LogP contribution in [0.15, 0.2) is 0 Å². The number of unbranched alkanes of at least 4 members (excludes halogenated alkanes) is 5. The molecule has 5 unspecified atom stereocenters. The molecule has 0 aliphatic carbocycles. The molecule has 1 amide bonds. The van der Waals surface area contributed by atoms with E-state index in [-0.39, 0.29) is 18.6 Å². The van der Waals surface area contributed by atoms with Gasteiger partial charge in [0.2, 0.25) is 5.91 Å². The van der Waals surface area contributed by atoms with Crippen LogP contribution in [0.2, 0.25) is 0 Å². The summed E-state index contributed by atoms with van der Waals surface area (Å²) in [6.07, 6.45) is 4.04. The lowest BCUT2D eigenvalue weighted by atomic mass is 9.90. The topological polar surface area (TPSA) is 99.0 Å². The molecule has 1 aliphatic heterocycles. The Morgan fingerprint density at radius 1 is 1.05 bits per heavy atom. The third kappa shape index (κ3) is 5.83. The molecule has 0 aromatic carbocycles. The van der Waals surface area contributed by atoms with Crippen molar-refractivity contribution >= 4 is 5.91 Å². The lowest BCUT2D eigenvalue weighted by molar-refractivity contribution is -0.196. The molecule has 6 heteroatoms. The van der Waals surface area contributed by atoms with Gasteiger partial charge in [-0.15, -0.1) is 0 Å². The highest BCUT2D eigenvalue weighted by atomic mass is 16.5. The number of amides is 1. The van der Waals surface area contributed by atoms with Gasteiger partial charge in [0.05, 0.1) is 18.8 Å². The Labute approximate surface area is 132 Å². The summed E-state index contributed by atoms with van der Waals surface area (Å²) in [5, 5.41) is 32.0. The molecule has 1 saturated heterocycles. The van der Waals surface area contributed by atoms with E-state index in [9.17, 15) is 20.1 Å². The Balaban J connectivity index is 2.52. The van der Waals surface area contributed by atoms with Crippen molar-refractivity contribution in [3.8, 4) is 0 Å². The van der Waals surface area contributed by atoms with Gasteiger partial charge >= 0.3 is 0 Å². The lowest BCUT2D eigenvalue weighted by Crippen LogP contribution is -2.63. The third-order valence-corrected chi connectivity index (χ3v) is 4.24. The van der Waals surface area contributed by atoms with E-state index in [0.29, 0.717) is 6.42 Å². The summed E-state index contributed by atoms with van der Waals surface area (Å²) < 4.78 is 5.68. The van der Waals surface area contributed by atoms with Crippen LogP contribution in [0.1, 0.15) is 58.8 Å². The number of carbonyl (C=O) groups is 1. The van der Waals surface area contributed by atoms with Gasteiger partial charge < -0.3 is 25.4 Å². The van der Waals surface area contributed by atoms with Crippen molar-refractivity contribution in [1.29, 1.82) is 0 Å². The summed E-state index contributed by atoms with van der Waals surface area (Å²) in [5.74, 6) is -0.268. The van der Waals surface area contributed by atoms with Gasteiger partial charge in [-0.05, 0) is 6.42 Å². The van der Waals surface area contributed by atoms with Gasteiger partial charge in [-0.2, -0.15) is 0 Å². The summed E-state index contributed by atoms with van der Waals surface area (Å²) in [4.78, 5) is 11.3. The maximum Gasteiger partial charge on any atom is 0.217 e. The Morgan fingerprint density at radius 2 is 1.68 bits per heavy atom. The van der Waals surface area contributed by atoms with Gasteiger partial charge in [-0.3, -0.25) is 4.79 Å². The molecular formula is C16H31NO5. The number of aliphatic hydroxyl groups is 3. The zero-order valence-corrected chi connectivity index (χ0v) is 13.7. The minimum atomic E-state index is -1.19. The van der Waals surface area contributed by atoms with Crippen molar-refractivity contribution in [2.45, 2.75) is 89.3 Å². The van der Waals surface area contributed by atoms with Crippen LogP contribution in [-0.4, -0.2) is 58.3 Å². The zero-order chi connectivity index (χ0) is 16.5. The predicted molar refractivity (Wildman–Crippen MR) is 83.4 cm³/mol. The monoisotopic (exact) mass is 317 g/mol. The first-order chi connectivity index (χ1) is 10.5. The molecule has 0 aromatic heterocycles. The Morgan fingerprint density at radius 3 is 2.27 bits per heavy atom. The summed E-state index contributed by atoms with van der Waals surface area (Å²) in [7, 11) is 0. The molecule has 0 bridgehead atoms. The van der Waals surface area contributed by atoms with Crippen molar-refractivity contribution in [3.63, 3.8) is 0 Å². The van der Waals surface area contributed by atoms with E-state index in [0.717, 1.165) is 12.8 Å². The normalized spacial score (nSPS) is 32.0. The number of ether oxygens (including phenoxy) is 1. The smallest absolute Gasteiger partial charge is 0.217 e. The molecule has 0 aromatic rings. The number of hydrogen-bond acceptors (Lipinski definition) is 5. The fourth-order valence-corrected chi connectivity index (χ4v) is 2.98. The quantitative estimate of drug-likeness (QED) is 0.470. The minimum Gasteiger partial charge on any atom is -0.394 e.